The van der Waals surface area contributed by atoms with Crippen molar-refractivity contribution in [1.29, 1.82) is 0 Å². The van der Waals surface area contributed by atoms with Crippen molar-refractivity contribution in [3.05, 3.63) is 54.1 Å². The molecule has 2 aromatic rings. The van der Waals surface area contributed by atoms with Gasteiger partial charge >= 0.3 is 0 Å². The molecule has 0 radical (unpaired) electrons. The third-order valence-electron chi connectivity index (χ3n) is 5.04. The van der Waals surface area contributed by atoms with Gasteiger partial charge in [0.2, 0.25) is 5.95 Å². The van der Waals surface area contributed by atoms with Crippen molar-refractivity contribution in [1.82, 2.24) is 19.9 Å². The highest BCUT2D eigenvalue weighted by molar-refractivity contribution is 5.92. The molecule has 124 valence electrons. The first-order chi connectivity index (χ1) is 11.6. The molecule has 4 heterocycles. The molecule has 2 aliphatic heterocycles. The Morgan fingerprint density at radius 3 is 2.58 bits per heavy atom. The predicted molar refractivity (Wildman–Crippen MR) is 82.3 cm³/mol. The van der Waals surface area contributed by atoms with Crippen LogP contribution in [0.2, 0.25) is 0 Å². The number of carbonyl (C=O) groups excluding carboxylic acids is 1. The summed E-state index contributed by atoms with van der Waals surface area (Å²) in [7, 11) is 0. The van der Waals surface area contributed by atoms with E-state index in [4.69, 9.17) is 0 Å². The smallest absolute Gasteiger partial charge is 0.274 e. The van der Waals surface area contributed by atoms with Crippen LogP contribution in [0.5, 0.6) is 0 Å². The van der Waals surface area contributed by atoms with Gasteiger partial charge in [0.05, 0.1) is 11.8 Å². The third kappa shape index (κ3) is 2.36. The van der Waals surface area contributed by atoms with Crippen molar-refractivity contribution in [3.63, 3.8) is 0 Å². The number of piperidine rings is 1. The molecule has 2 aromatic heterocycles. The van der Waals surface area contributed by atoms with Crippen LogP contribution in [0.3, 0.4) is 0 Å². The predicted octanol–water partition coefficient (Wildman–Crippen LogP) is 1.67. The van der Waals surface area contributed by atoms with Gasteiger partial charge in [-0.3, -0.25) is 9.78 Å². The molecule has 0 aliphatic carbocycles. The number of aromatic nitrogens is 3. The fraction of sp³-hybridized carbons (Fsp3) is 0.412. The van der Waals surface area contributed by atoms with Gasteiger partial charge in [0, 0.05) is 49.1 Å². The van der Waals surface area contributed by atoms with E-state index in [0.29, 0.717) is 18.5 Å². The van der Waals surface area contributed by atoms with Crippen LogP contribution in [-0.4, -0.2) is 42.9 Å². The first kappa shape index (κ1) is 15.1. The second kappa shape index (κ2) is 5.59. The number of rotatable bonds is 2. The second-order valence-electron chi connectivity index (χ2n) is 6.47. The van der Waals surface area contributed by atoms with Crippen LogP contribution < -0.4 is 0 Å². The van der Waals surface area contributed by atoms with Crippen LogP contribution in [0.25, 0.3) is 0 Å². The van der Waals surface area contributed by atoms with Crippen LogP contribution in [0.4, 0.5) is 4.39 Å². The van der Waals surface area contributed by atoms with Gasteiger partial charge in [-0.2, -0.15) is 4.39 Å². The number of amides is 1. The monoisotopic (exact) mass is 328 g/mol. The van der Waals surface area contributed by atoms with E-state index in [9.17, 15) is 14.3 Å². The van der Waals surface area contributed by atoms with Crippen LogP contribution in [0.15, 0.2) is 36.9 Å². The highest BCUT2D eigenvalue weighted by atomic mass is 19.1. The summed E-state index contributed by atoms with van der Waals surface area (Å²) in [6, 6.07) is 2.92. The zero-order valence-electron chi connectivity index (χ0n) is 13.0. The molecule has 24 heavy (non-hydrogen) atoms. The van der Waals surface area contributed by atoms with Crippen molar-refractivity contribution < 1.29 is 14.3 Å². The van der Waals surface area contributed by atoms with E-state index < -0.39 is 11.5 Å². The van der Waals surface area contributed by atoms with Crippen molar-refractivity contribution in [3.8, 4) is 0 Å². The van der Waals surface area contributed by atoms with Crippen molar-refractivity contribution in [2.75, 3.05) is 0 Å². The van der Waals surface area contributed by atoms with Gasteiger partial charge in [-0.05, 0) is 18.9 Å². The molecular weight excluding hydrogens is 311 g/mol. The molecule has 2 aliphatic rings. The maximum atomic E-state index is 14.0. The van der Waals surface area contributed by atoms with Gasteiger partial charge in [0.1, 0.15) is 5.69 Å². The summed E-state index contributed by atoms with van der Waals surface area (Å²) in [6.45, 7) is 0. The Hall–Kier alpha value is -2.41. The zero-order valence-corrected chi connectivity index (χ0v) is 13.0. The largest absolute Gasteiger partial charge is 0.385 e. The third-order valence-corrected chi connectivity index (χ3v) is 5.04. The Balaban J connectivity index is 1.62. The standard InChI is InChI=1S/C17H17FN4O2/c18-15-13(2-1-5-21-15)17(24)8-11-3-4-12(9-17)22(11)16(23)14-10-19-6-7-20-14/h1-2,5-7,10-12,24H,3-4,8-9H2. The summed E-state index contributed by atoms with van der Waals surface area (Å²) in [5, 5.41) is 11.0. The maximum Gasteiger partial charge on any atom is 0.274 e. The Morgan fingerprint density at radius 1 is 1.21 bits per heavy atom. The lowest BCUT2D eigenvalue weighted by Gasteiger charge is -2.43. The zero-order chi connectivity index (χ0) is 16.7. The molecule has 2 atom stereocenters. The van der Waals surface area contributed by atoms with Crippen molar-refractivity contribution in [2.45, 2.75) is 43.4 Å². The molecule has 2 saturated heterocycles. The van der Waals surface area contributed by atoms with E-state index in [1.54, 1.807) is 17.0 Å². The number of hydrogen-bond acceptors (Lipinski definition) is 5. The fourth-order valence-corrected chi connectivity index (χ4v) is 4.05. The lowest BCUT2D eigenvalue weighted by molar-refractivity contribution is -0.0505. The summed E-state index contributed by atoms with van der Waals surface area (Å²) in [6.07, 6.45) is 8.01. The number of pyridine rings is 1. The summed E-state index contributed by atoms with van der Waals surface area (Å²) >= 11 is 0. The normalized spacial score (nSPS) is 28.8. The van der Waals surface area contributed by atoms with Crippen LogP contribution in [-0.2, 0) is 5.60 Å². The topological polar surface area (TPSA) is 79.2 Å². The molecule has 7 heteroatoms. The molecule has 1 N–H and O–H groups in total. The van der Waals surface area contributed by atoms with E-state index in [1.165, 1.54) is 24.8 Å². The minimum absolute atomic E-state index is 0.136. The average Bonchev–Trinajstić information content (AvgIpc) is 2.87. The SMILES string of the molecule is O=C(c1cnccn1)N1C2CCC1CC(O)(c1cccnc1F)C2. The van der Waals surface area contributed by atoms with Gasteiger partial charge in [0.15, 0.2) is 0 Å². The Labute approximate surface area is 138 Å². The van der Waals surface area contributed by atoms with E-state index in [0.717, 1.165) is 12.8 Å². The number of halogens is 1. The number of carbonyl (C=O) groups is 1. The van der Waals surface area contributed by atoms with E-state index in [-0.39, 0.29) is 23.6 Å². The van der Waals surface area contributed by atoms with Crippen LogP contribution in [0, 0.1) is 5.95 Å². The van der Waals surface area contributed by atoms with E-state index in [1.807, 2.05) is 0 Å². The highest BCUT2D eigenvalue weighted by Crippen LogP contribution is 2.46. The van der Waals surface area contributed by atoms with Crippen molar-refractivity contribution >= 4 is 5.91 Å². The summed E-state index contributed by atoms with van der Waals surface area (Å²) in [5.74, 6) is -0.822. The average molecular weight is 328 g/mol. The van der Waals surface area contributed by atoms with Gasteiger partial charge < -0.3 is 10.0 Å². The molecule has 2 fully saturated rings. The van der Waals surface area contributed by atoms with Gasteiger partial charge in [0.25, 0.3) is 5.91 Å². The molecule has 6 nitrogen and oxygen atoms in total. The number of hydrogen-bond donors (Lipinski definition) is 1. The summed E-state index contributed by atoms with van der Waals surface area (Å²) in [5.41, 5.74) is -0.774. The molecule has 0 aromatic carbocycles. The summed E-state index contributed by atoms with van der Waals surface area (Å²) < 4.78 is 14.0. The van der Waals surface area contributed by atoms with Gasteiger partial charge in [-0.15, -0.1) is 0 Å². The maximum absolute atomic E-state index is 14.0. The van der Waals surface area contributed by atoms with Crippen LogP contribution in [0.1, 0.15) is 41.7 Å². The molecular formula is C17H17FN4O2. The molecule has 4 rings (SSSR count). The minimum atomic E-state index is -1.29. The quantitative estimate of drug-likeness (QED) is 0.848. The van der Waals surface area contributed by atoms with Crippen LogP contribution >= 0.6 is 0 Å². The number of fused-ring (bicyclic) bond motifs is 2. The second-order valence-corrected chi connectivity index (χ2v) is 6.47. The van der Waals surface area contributed by atoms with Gasteiger partial charge in [-0.1, -0.05) is 6.07 Å². The Bertz CT molecular complexity index is 756. The molecule has 0 spiro atoms. The van der Waals surface area contributed by atoms with Crippen molar-refractivity contribution in [2.24, 2.45) is 0 Å². The highest BCUT2D eigenvalue weighted by Gasteiger charge is 2.51. The first-order valence-corrected chi connectivity index (χ1v) is 8.00. The number of aliphatic hydroxyl groups is 1. The molecule has 2 bridgehead atoms. The summed E-state index contributed by atoms with van der Waals surface area (Å²) in [4.78, 5) is 26.2. The Kier molecular flexibility index (Phi) is 3.53. The molecule has 2 unspecified atom stereocenters. The van der Waals surface area contributed by atoms with E-state index >= 15 is 0 Å². The fourth-order valence-electron chi connectivity index (χ4n) is 4.05. The van der Waals surface area contributed by atoms with Gasteiger partial charge in [-0.25, -0.2) is 9.97 Å². The lowest BCUT2D eigenvalue weighted by atomic mass is 9.81. The molecule has 0 saturated carbocycles. The Morgan fingerprint density at radius 2 is 1.96 bits per heavy atom. The first-order valence-electron chi connectivity index (χ1n) is 8.00. The molecule has 1 amide bonds. The van der Waals surface area contributed by atoms with E-state index in [2.05, 4.69) is 15.0 Å². The lowest BCUT2D eigenvalue weighted by Crippen LogP contribution is -2.52. The minimum Gasteiger partial charge on any atom is -0.385 e. The number of nitrogens with zero attached hydrogens (tertiary/aromatic N) is 4.